The minimum atomic E-state index is -0.897. The van der Waals surface area contributed by atoms with E-state index >= 15 is 0 Å². The smallest absolute Gasteiger partial charge is 0.326 e. The number of nitrogens with one attached hydrogen (secondary N) is 1. The van der Waals surface area contributed by atoms with Crippen LogP contribution in [0, 0.1) is 0 Å². The molecule has 0 spiro atoms. The van der Waals surface area contributed by atoms with Crippen molar-refractivity contribution in [3.63, 3.8) is 0 Å². The number of amides is 2. The van der Waals surface area contributed by atoms with E-state index in [2.05, 4.69) is 5.32 Å². The lowest BCUT2D eigenvalue weighted by Crippen LogP contribution is -2.59. The molecule has 0 radical (unpaired) electrons. The number of carboxylic acids is 1. The van der Waals surface area contributed by atoms with Gasteiger partial charge in [-0.25, -0.2) is 9.59 Å². The number of carbonyl (C=O) groups is 2. The maximum Gasteiger partial charge on any atom is 0.326 e. The lowest BCUT2D eigenvalue weighted by Gasteiger charge is -2.45. The number of fused-ring (bicyclic) bond motifs is 2. The molecule has 6 heteroatoms. The first kappa shape index (κ1) is 17.3. The second-order valence-electron chi connectivity index (χ2n) is 7.79. The van der Waals surface area contributed by atoms with Crippen molar-refractivity contribution >= 4 is 17.7 Å². The Morgan fingerprint density at radius 1 is 1.04 bits per heavy atom. The van der Waals surface area contributed by atoms with Crippen molar-refractivity contribution in [2.24, 2.45) is 0 Å². The van der Waals surface area contributed by atoms with Crippen molar-refractivity contribution in [1.29, 1.82) is 0 Å². The van der Waals surface area contributed by atoms with E-state index in [0.29, 0.717) is 25.0 Å². The Bertz CT molecular complexity index is 654. The first-order valence-electron chi connectivity index (χ1n) is 9.77. The van der Waals surface area contributed by atoms with E-state index in [1.54, 1.807) is 4.90 Å². The number of likely N-dealkylation sites (tertiary alicyclic amines) is 1. The summed E-state index contributed by atoms with van der Waals surface area (Å²) in [6.07, 6.45) is 6.73. The summed E-state index contributed by atoms with van der Waals surface area (Å²) >= 11 is 0. The quantitative estimate of drug-likeness (QED) is 0.872. The van der Waals surface area contributed by atoms with Crippen molar-refractivity contribution in [3.8, 4) is 0 Å². The van der Waals surface area contributed by atoms with Crippen LogP contribution in [0.15, 0.2) is 30.3 Å². The Kier molecular flexibility index (Phi) is 4.85. The molecular weight excluding hydrogens is 330 g/mol. The molecule has 1 unspecified atom stereocenters. The number of hydrogen-bond acceptors (Lipinski definition) is 3. The lowest BCUT2D eigenvalue weighted by molar-refractivity contribution is -0.141. The summed E-state index contributed by atoms with van der Waals surface area (Å²) in [5.41, 5.74) is 0.874. The number of anilines is 1. The highest BCUT2D eigenvalue weighted by Crippen LogP contribution is 2.33. The summed E-state index contributed by atoms with van der Waals surface area (Å²) in [7, 11) is 0. The van der Waals surface area contributed by atoms with Gasteiger partial charge in [-0.05, 0) is 50.7 Å². The third-order valence-electron chi connectivity index (χ3n) is 6.08. The second-order valence-corrected chi connectivity index (χ2v) is 7.79. The van der Waals surface area contributed by atoms with Crippen molar-refractivity contribution < 1.29 is 14.7 Å². The maximum absolute atomic E-state index is 13.4. The Hall–Kier alpha value is -2.08. The summed E-state index contributed by atoms with van der Waals surface area (Å²) in [4.78, 5) is 28.5. The normalized spacial score (nSPS) is 30.8. The van der Waals surface area contributed by atoms with E-state index < -0.39 is 12.0 Å². The average Bonchev–Trinajstić information content (AvgIpc) is 3.13. The first-order chi connectivity index (χ1) is 12.6. The topological polar surface area (TPSA) is 72.9 Å². The van der Waals surface area contributed by atoms with E-state index in [4.69, 9.17) is 0 Å². The van der Waals surface area contributed by atoms with Crippen molar-refractivity contribution in [2.45, 2.75) is 69.1 Å². The van der Waals surface area contributed by atoms with E-state index in [1.165, 1.54) is 6.42 Å². The van der Waals surface area contributed by atoms with Crippen LogP contribution in [0.2, 0.25) is 0 Å². The zero-order chi connectivity index (χ0) is 18.1. The molecule has 3 aliphatic rings. The largest absolute Gasteiger partial charge is 0.480 e. The fraction of sp³-hybridized carbons (Fsp3) is 0.600. The molecule has 1 aromatic rings. The van der Waals surface area contributed by atoms with Gasteiger partial charge in [0.15, 0.2) is 0 Å². The number of urea groups is 1. The summed E-state index contributed by atoms with van der Waals surface area (Å²) in [5.74, 6) is -0.897. The predicted octanol–water partition coefficient (Wildman–Crippen LogP) is 2.84. The zero-order valence-corrected chi connectivity index (χ0v) is 15.0. The molecule has 3 atom stereocenters. The van der Waals surface area contributed by atoms with Crippen LogP contribution < -0.4 is 10.2 Å². The fourth-order valence-electron chi connectivity index (χ4n) is 4.90. The number of nitrogens with zero attached hydrogens (tertiary/aromatic N) is 2. The summed E-state index contributed by atoms with van der Waals surface area (Å²) in [5, 5.41) is 13.2. The SMILES string of the molecule is O=C(O)C1CCCN1C(=O)N(c1ccccc1)C1C[C@@H]2CCC[C@@H](C1)N2. The second kappa shape index (κ2) is 7.27. The lowest BCUT2D eigenvalue weighted by atomic mass is 9.83. The van der Waals surface area contributed by atoms with Gasteiger partial charge >= 0.3 is 12.0 Å². The van der Waals surface area contributed by atoms with Crippen LogP contribution in [-0.2, 0) is 4.79 Å². The van der Waals surface area contributed by atoms with Crippen LogP contribution >= 0.6 is 0 Å². The van der Waals surface area contributed by atoms with Crippen LogP contribution in [0.1, 0.15) is 44.9 Å². The molecule has 3 aliphatic heterocycles. The molecule has 0 saturated carbocycles. The Balaban J connectivity index is 1.63. The van der Waals surface area contributed by atoms with Crippen LogP contribution in [-0.4, -0.2) is 52.7 Å². The van der Waals surface area contributed by atoms with Gasteiger partial charge < -0.3 is 15.3 Å². The molecule has 3 saturated heterocycles. The highest BCUT2D eigenvalue weighted by atomic mass is 16.4. The van der Waals surface area contributed by atoms with E-state index in [9.17, 15) is 14.7 Å². The molecule has 140 valence electrons. The van der Waals surface area contributed by atoms with Gasteiger partial charge in [0.1, 0.15) is 6.04 Å². The molecule has 0 aromatic heterocycles. The number of piperidine rings is 2. The number of para-hydroxylation sites is 1. The Morgan fingerprint density at radius 3 is 2.38 bits per heavy atom. The molecule has 4 rings (SSSR count). The molecule has 26 heavy (non-hydrogen) atoms. The van der Waals surface area contributed by atoms with Crippen molar-refractivity contribution in [1.82, 2.24) is 10.2 Å². The van der Waals surface area contributed by atoms with Gasteiger partial charge in [-0.2, -0.15) is 0 Å². The highest BCUT2D eigenvalue weighted by molar-refractivity contribution is 5.95. The van der Waals surface area contributed by atoms with Crippen LogP contribution in [0.5, 0.6) is 0 Å². The molecule has 3 heterocycles. The third kappa shape index (κ3) is 3.30. The molecule has 3 fully saturated rings. The minimum absolute atomic E-state index is 0.122. The van der Waals surface area contributed by atoms with Gasteiger partial charge in [-0.3, -0.25) is 4.90 Å². The molecule has 2 amide bonds. The Morgan fingerprint density at radius 2 is 1.73 bits per heavy atom. The number of hydrogen-bond donors (Lipinski definition) is 2. The number of benzene rings is 1. The van der Waals surface area contributed by atoms with E-state index in [0.717, 1.165) is 37.8 Å². The molecule has 2 N–H and O–H groups in total. The third-order valence-corrected chi connectivity index (χ3v) is 6.08. The van der Waals surface area contributed by atoms with Gasteiger partial charge in [-0.1, -0.05) is 24.6 Å². The first-order valence-corrected chi connectivity index (χ1v) is 9.77. The summed E-state index contributed by atoms with van der Waals surface area (Å²) in [6, 6.07) is 9.94. The van der Waals surface area contributed by atoms with Gasteiger partial charge in [-0.15, -0.1) is 0 Å². The van der Waals surface area contributed by atoms with Gasteiger partial charge in [0, 0.05) is 30.4 Å². The molecule has 2 bridgehead atoms. The number of carbonyl (C=O) groups excluding carboxylic acids is 1. The Labute approximate surface area is 154 Å². The molecule has 1 aromatic carbocycles. The summed E-state index contributed by atoms with van der Waals surface area (Å²) in [6.45, 7) is 0.525. The molecule has 0 aliphatic carbocycles. The highest BCUT2D eigenvalue weighted by Gasteiger charge is 2.41. The van der Waals surface area contributed by atoms with Crippen molar-refractivity contribution in [3.05, 3.63) is 30.3 Å². The summed E-state index contributed by atoms with van der Waals surface area (Å²) < 4.78 is 0. The van der Waals surface area contributed by atoms with Gasteiger partial charge in [0.2, 0.25) is 0 Å². The minimum Gasteiger partial charge on any atom is -0.480 e. The van der Waals surface area contributed by atoms with E-state index in [-0.39, 0.29) is 12.1 Å². The standard InChI is InChI=1S/C20H27N3O3/c24-19(25)18-10-5-11-22(18)20(26)23(16-8-2-1-3-9-16)17-12-14-6-4-7-15(13-17)21-14/h1-3,8-9,14-15,17-18,21H,4-7,10-13H2,(H,24,25)/t14-,15-,18?/m0/s1. The average molecular weight is 357 g/mol. The van der Waals surface area contributed by atoms with Crippen LogP contribution in [0.25, 0.3) is 0 Å². The van der Waals surface area contributed by atoms with Crippen LogP contribution in [0.4, 0.5) is 10.5 Å². The van der Waals surface area contributed by atoms with Gasteiger partial charge in [0.05, 0.1) is 0 Å². The number of rotatable bonds is 3. The number of aliphatic carboxylic acids is 1. The predicted molar refractivity (Wildman–Crippen MR) is 99.3 cm³/mol. The van der Waals surface area contributed by atoms with Crippen LogP contribution in [0.3, 0.4) is 0 Å². The van der Waals surface area contributed by atoms with Crippen molar-refractivity contribution in [2.75, 3.05) is 11.4 Å². The fourth-order valence-corrected chi connectivity index (χ4v) is 4.90. The molecule has 6 nitrogen and oxygen atoms in total. The van der Waals surface area contributed by atoms with Gasteiger partial charge in [0.25, 0.3) is 0 Å². The maximum atomic E-state index is 13.4. The number of carboxylic acid groups (broad SMARTS) is 1. The monoisotopic (exact) mass is 357 g/mol. The van der Waals surface area contributed by atoms with E-state index in [1.807, 2.05) is 35.2 Å². The zero-order valence-electron chi connectivity index (χ0n) is 15.0. The molecular formula is C20H27N3O3.